The molecule has 1 N–H and O–H groups in total. The van der Waals surface area contributed by atoms with E-state index < -0.39 is 0 Å². The fourth-order valence-corrected chi connectivity index (χ4v) is 4.94. The van der Waals surface area contributed by atoms with E-state index in [0.717, 1.165) is 78.6 Å². The number of likely N-dealkylation sites (N-methyl/N-ethyl adjacent to an activating group) is 1. The Kier molecular flexibility index (Phi) is 5.56. The molecule has 2 aliphatic rings. The second-order valence-electron chi connectivity index (χ2n) is 7.20. The highest BCUT2D eigenvalue weighted by Crippen LogP contribution is 2.35. The number of aryl methyl sites for hydroxylation is 1. The number of piperazine rings is 1. The molecule has 2 aromatic rings. The second-order valence-corrected chi connectivity index (χ2v) is 8.20. The largest absolute Gasteiger partial charge is 0.376 e. The standard InChI is InChI=1S/C19H27N5O2S/c1-3-23-6-8-24(9-7-23)17-15-13(2)16(27-19(15)22-12-21-17)18(25)20-11-14-5-4-10-26-14/h12,14H,3-11H2,1-2H3,(H,20,25)/t14-/m1/s1. The number of carbonyl (C=O) groups is 1. The van der Waals surface area contributed by atoms with Crippen molar-refractivity contribution < 1.29 is 9.53 Å². The van der Waals surface area contributed by atoms with Crippen LogP contribution in [-0.2, 0) is 4.74 Å². The number of aromatic nitrogens is 2. The van der Waals surface area contributed by atoms with Gasteiger partial charge in [-0.3, -0.25) is 4.79 Å². The Labute approximate surface area is 163 Å². The van der Waals surface area contributed by atoms with Crippen LogP contribution in [0.3, 0.4) is 0 Å². The molecule has 0 unspecified atom stereocenters. The third-order valence-corrected chi connectivity index (χ3v) is 6.74. The molecule has 4 heterocycles. The summed E-state index contributed by atoms with van der Waals surface area (Å²) in [5.74, 6) is 0.926. The van der Waals surface area contributed by atoms with Crippen LogP contribution in [-0.4, -0.2) is 72.8 Å². The monoisotopic (exact) mass is 389 g/mol. The van der Waals surface area contributed by atoms with Crippen molar-refractivity contribution in [3.05, 3.63) is 16.8 Å². The smallest absolute Gasteiger partial charge is 0.261 e. The number of amides is 1. The number of hydrogen-bond donors (Lipinski definition) is 1. The molecule has 1 atom stereocenters. The zero-order valence-corrected chi connectivity index (χ0v) is 16.8. The summed E-state index contributed by atoms with van der Waals surface area (Å²) in [5, 5.41) is 4.06. The van der Waals surface area contributed by atoms with Crippen molar-refractivity contribution in [2.45, 2.75) is 32.8 Å². The number of rotatable bonds is 5. The van der Waals surface area contributed by atoms with Gasteiger partial charge in [-0.1, -0.05) is 6.92 Å². The van der Waals surface area contributed by atoms with Crippen LogP contribution in [0.5, 0.6) is 0 Å². The predicted molar refractivity (Wildman–Crippen MR) is 108 cm³/mol. The summed E-state index contributed by atoms with van der Waals surface area (Å²) in [6.07, 6.45) is 3.86. The maximum absolute atomic E-state index is 12.7. The number of hydrogen-bond acceptors (Lipinski definition) is 7. The molecular formula is C19H27N5O2S. The number of nitrogens with zero attached hydrogens (tertiary/aromatic N) is 4. The van der Waals surface area contributed by atoms with Gasteiger partial charge in [-0.25, -0.2) is 9.97 Å². The van der Waals surface area contributed by atoms with E-state index in [0.29, 0.717) is 6.54 Å². The minimum absolute atomic E-state index is 0.0345. The van der Waals surface area contributed by atoms with E-state index >= 15 is 0 Å². The van der Waals surface area contributed by atoms with E-state index in [1.54, 1.807) is 6.33 Å². The number of nitrogens with one attached hydrogen (secondary N) is 1. The maximum Gasteiger partial charge on any atom is 0.261 e. The molecule has 2 aromatic heterocycles. The predicted octanol–water partition coefficient (Wildman–Crippen LogP) is 2.05. The molecule has 0 aromatic carbocycles. The van der Waals surface area contributed by atoms with Crippen LogP contribution >= 0.6 is 11.3 Å². The summed E-state index contributed by atoms with van der Waals surface area (Å²) < 4.78 is 5.60. The van der Waals surface area contributed by atoms with Crippen LogP contribution in [0.2, 0.25) is 0 Å². The van der Waals surface area contributed by atoms with Crippen molar-refractivity contribution in [1.29, 1.82) is 0 Å². The SMILES string of the molecule is CCN1CCN(c2ncnc3sc(C(=O)NC[C@H]4CCCO4)c(C)c23)CC1. The Morgan fingerprint density at radius 2 is 2.15 bits per heavy atom. The number of thiophene rings is 1. The average Bonchev–Trinajstić information content (AvgIpc) is 3.34. The third kappa shape index (κ3) is 3.79. The molecule has 2 aliphatic heterocycles. The molecule has 7 nitrogen and oxygen atoms in total. The van der Waals surface area contributed by atoms with E-state index in [1.807, 2.05) is 6.92 Å². The lowest BCUT2D eigenvalue weighted by Crippen LogP contribution is -2.46. The molecule has 8 heteroatoms. The van der Waals surface area contributed by atoms with E-state index in [9.17, 15) is 4.79 Å². The molecule has 2 fully saturated rings. The second kappa shape index (κ2) is 8.08. The first-order valence-electron chi connectivity index (χ1n) is 9.78. The van der Waals surface area contributed by atoms with Crippen LogP contribution in [0.25, 0.3) is 10.2 Å². The number of anilines is 1. The molecule has 2 saturated heterocycles. The Morgan fingerprint density at radius 1 is 1.33 bits per heavy atom. The lowest BCUT2D eigenvalue weighted by atomic mass is 10.1. The average molecular weight is 390 g/mol. The fraction of sp³-hybridized carbons (Fsp3) is 0.632. The Balaban J connectivity index is 1.55. The first-order chi connectivity index (χ1) is 13.2. The molecule has 0 bridgehead atoms. The quantitative estimate of drug-likeness (QED) is 0.844. The molecule has 0 spiro atoms. The first-order valence-corrected chi connectivity index (χ1v) is 10.6. The van der Waals surface area contributed by atoms with Crippen LogP contribution < -0.4 is 10.2 Å². The van der Waals surface area contributed by atoms with Gasteiger partial charge < -0.3 is 19.9 Å². The van der Waals surface area contributed by atoms with Gasteiger partial charge in [0.15, 0.2) is 0 Å². The van der Waals surface area contributed by atoms with Gasteiger partial charge in [-0.2, -0.15) is 0 Å². The molecule has 27 heavy (non-hydrogen) atoms. The van der Waals surface area contributed by atoms with Gasteiger partial charge in [0.2, 0.25) is 0 Å². The first kappa shape index (κ1) is 18.6. The van der Waals surface area contributed by atoms with Gasteiger partial charge in [0.1, 0.15) is 17.0 Å². The summed E-state index contributed by atoms with van der Waals surface area (Å²) in [5.41, 5.74) is 0.980. The summed E-state index contributed by atoms with van der Waals surface area (Å²) in [6, 6.07) is 0. The highest BCUT2D eigenvalue weighted by atomic mass is 32.1. The molecular weight excluding hydrogens is 362 g/mol. The van der Waals surface area contributed by atoms with Crippen molar-refractivity contribution in [3.63, 3.8) is 0 Å². The van der Waals surface area contributed by atoms with Gasteiger partial charge in [-0.05, 0) is 31.9 Å². The van der Waals surface area contributed by atoms with Gasteiger partial charge in [-0.15, -0.1) is 11.3 Å². The zero-order valence-electron chi connectivity index (χ0n) is 16.0. The van der Waals surface area contributed by atoms with Crippen molar-refractivity contribution in [2.24, 2.45) is 0 Å². The molecule has 1 amide bonds. The van der Waals surface area contributed by atoms with E-state index in [-0.39, 0.29) is 12.0 Å². The lowest BCUT2D eigenvalue weighted by Gasteiger charge is -2.35. The highest BCUT2D eigenvalue weighted by molar-refractivity contribution is 7.20. The minimum atomic E-state index is -0.0345. The highest BCUT2D eigenvalue weighted by Gasteiger charge is 2.25. The van der Waals surface area contributed by atoms with Crippen molar-refractivity contribution in [2.75, 3.05) is 50.8 Å². The summed E-state index contributed by atoms with van der Waals surface area (Å²) >= 11 is 1.46. The van der Waals surface area contributed by atoms with Crippen molar-refractivity contribution in [1.82, 2.24) is 20.2 Å². The molecule has 0 aliphatic carbocycles. The van der Waals surface area contributed by atoms with Crippen molar-refractivity contribution in [3.8, 4) is 0 Å². The maximum atomic E-state index is 12.7. The van der Waals surface area contributed by atoms with Gasteiger partial charge in [0.25, 0.3) is 5.91 Å². The molecule has 0 saturated carbocycles. The Bertz CT molecular complexity index is 810. The summed E-state index contributed by atoms with van der Waals surface area (Å²) in [7, 11) is 0. The third-order valence-electron chi connectivity index (χ3n) is 5.55. The van der Waals surface area contributed by atoms with Crippen LogP contribution in [0.4, 0.5) is 5.82 Å². The Hall–Kier alpha value is -1.77. The zero-order chi connectivity index (χ0) is 18.8. The van der Waals surface area contributed by atoms with Gasteiger partial charge in [0.05, 0.1) is 16.4 Å². The van der Waals surface area contributed by atoms with Gasteiger partial charge >= 0.3 is 0 Å². The molecule has 4 rings (SSSR count). The van der Waals surface area contributed by atoms with Gasteiger partial charge in [0, 0.05) is 39.3 Å². The van der Waals surface area contributed by atoms with E-state index in [1.165, 1.54) is 11.3 Å². The lowest BCUT2D eigenvalue weighted by molar-refractivity contribution is 0.0860. The normalized spacial score (nSPS) is 21.1. The molecule has 0 radical (unpaired) electrons. The molecule has 146 valence electrons. The number of fused-ring (bicyclic) bond motifs is 1. The van der Waals surface area contributed by atoms with Crippen LogP contribution in [0.1, 0.15) is 35.0 Å². The minimum Gasteiger partial charge on any atom is -0.376 e. The van der Waals surface area contributed by atoms with Crippen molar-refractivity contribution >= 4 is 33.3 Å². The van der Waals surface area contributed by atoms with Crippen LogP contribution in [0.15, 0.2) is 6.33 Å². The number of carbonyl (C=O) groups excluding carboxylic acids is 1. The fourth-order valence-electron chi connectivity index (χ4n) is 3.88. The van der Waals surface area contributed by atoms with E-state index in [4.69, 9.17) is 4.74 Å². The topological polar surface area (TPSA) is 70.6 Å². The summed E-state index contributed by atoms with van der Waals surface area (Å²) in [6.45, 7) is 10.7. The van der Waals surface area contributed by atoms with E-state index in [2.05, 4.69) is 32.0 Å². The Morgan fingerprint density at radius 3 is 2.85 bits per heavy atom. The number of ether oxygens (including phenoxy) is 1. The van der Waals surface area contributed by atoms with Crippen LogP contribution in [0, 0.1) is 6.92 Å². The summed E-state index contributed by atoms with van der Waals surface area (Å²) in [4.78, 5) is 28.1.